The molecule has 0 unspecified atom stereocenters. The molecule has 0 spiro atoms. The lowest BCUT2D eigenvalue weighted by molar-refractivity contribution is -0.133. The maximum Gasteiger partial charge on any atom is 0.267 e. The van der Waals surface area contributed by atoms with Crippen LogP contribution in [-0.4, -0.2) is 27.1 Å². The van der Waals surface area contributed by atoms with Crippen molar-refractivity contribution < 1.29 is 4.79 Å². The van der Waals surface area contributed by atoms with Crippen LogP contribution in [0.3, 0.4) is 0 Å². The van der Waals surface area contributed by atoms with Crippen molar-refractivity contribution in [2.24, 2.45) is 0 Å². The van der Waals surface area contributed by atoms with Crippen LogP contribution >= 0.6 is 0 Å². The van der Waals surface area contributed by atoms with Crippen molar-refractivity contribution in [1.29, 1.82) is 0 Å². The highest BCUT2D eigenvalue weighted by Crippen LogP contribution is 2.33. The van der Waals surface area contributed by atoms with E-state index in [1.54, 1.807) is 6.07 Å². The van der Waals surface area contributed by atoms with E-state index >= 15 is 0 Å². The van der Waals surface area contributed by atoms with Gasteiger partial charge in [-0.2, -0.15) is 5.10 Å². The normalized spacial score (nSPS) is 17.7. The number of hydrogen-bond donors (Lipinski definition) is 0. The van der Waals surface area contributed by atoms with Crippen LogP contribution in [0.25, 0.3) is 0 Å². The van der Waals surface area contributed by atoms with Crippen molar-refractivity contribution in [3.05, 3.63) is 64.1 Å². The Morgan fingerprint density at radius 3 is 2.56 bits per heavy atom. The average molecular weight is 339 g/mol. The molecular formula is C20H25N3O2. The molecule has 2 aromatic rings. The van der Waals surface area contributed by atoms with E-state index in [0.717, 1.165) is 24.9 Å². The van der Waals surface area contributed by atoms with Gasteiger partial charge in [-0.25, -0.2) is 4.68 Å². The average Bonchev–Trinajstić information content (AvgIpc) is 3.06. The summed E-state index contributed by atoms with van der Waals surface area (Å²) in [4.78, 5) is 26.4. The third kappa shape index (κ3) is 3.81. The van der Waals surface area contributed by atoms with Crippen LogP contribution in [0.5, 0.6) is 0 Å². The molecule has 1 fully saturated rings. The molecule has 0 radical (unpaired) electrons. The van der Waals surface area contributed by atoms with Crippen molar-refractivity contribution in [2.75, 3.05) is 6.54 Å². The number of hydrogen-bond acceptors (Lipinski definition) is 3. The second-order valence-electron chi connectivity index (χ2n) is 7.64. The summed E-state index contributed by atoms with van der Waals surface area (Å²) in [5.41, 5.74) is 2.31. The Morgan fingerprint density at radius 1 is 1.20 bits per heavy atom. The molecule has 0 bridgehead atoms. The second kappa shape index (κ2) is 6.82. The molecule has 25 heavy (non-hydrogen) atoms. The molecule has 2 heterocycles. The van der Waals surface area contributed by atoms with Crippen LogP contribution in [0.15, 0.2) is 47.4 Å². The molecule has 1 aliphatic heterocycles. The maximum atomic E-state index is 12.7. The standard InChI is InChI=1S/C20H25N3O2/c1-20(2,3)16-10-8-15(9-11-16)17-6-5-13-22(17)19(25)14-23-18(24)7-4-12-21-23/h4,7-12,17H,5-6,13-14H2,1-3H3/t17-/m1/s1. The Hall–Kier alpha value is -2.43. The lowest BCUT2D eigenvalue weighted by atomic mass is 9.86. The van der Waals surface area contributed by atoms with Crippen molar-refractivity contribution in [3.63, 3.8) is 0 Å². The van der Waals surface area contributed by atoms with Gasteiger partial charge in [0.05, 0.1) is 6.04 Å². The number of benzene rings is 1. The highest BCUT2D eigenvalue weighted by Gasteiger charge is 2.30. The molecule has 1 amide bonds. The van der Waals surface area contributed by atoms with Crippen LogP contribution in [0, 0.1) is 0 Å². The SMILES string of the molecule is CC(C)(C)c1ccc([C@H]2CCCN2C(=O)Cn2ncccc2=O)cc1. The van der Waals surface area contributed by atoms with Gasteiger partial charge in [-0.05, 0) is 35.4 Å². The molecular weight excluding hydrogens is 314 g/mol. The molecule has 1 saturated heterocycles. The molecule has 1 aliphatic rings. The molecule has 0 saturated carbocycles. The molecule has 5 nitrogen and oxygen atoms in total. The van der Waals surface area contributed by atoms with Gasteiger partial charge in [0.1, 0.15) is 6.54 Å². The Kier molecular flexibility index (Phi) is 4.75. The summed E-state index contributed by atoms with van der Waals surface area (Å²) in [5.74, 6) is -0.0526. The van der Waals surface area contributed by atoms with E-state index in [1.807, 2.05) is 4.90 Å². The van der Waals surface area contributed by atoms with E-state index in [0.29, 0.717) is 0 Å². The van der Waals surface area contributed by atoms with Crippen LogP contribution in [0.1, 0.15) is 50.8 Å². The van der Waals surface area contributed by atoms with Crippen molar-refractivity contribution in [1.82, 2.24) is 14.7 Å². The van der Waals surface area contributed by atoms with Gasteiger partial charge < -0.3 is 4.90 Å². The fraction of sp³-hybridized carbons (Fsp3) is 0.450. The van der Waals surface area contributed by atoms with Gasteiger partial charge in [-0.15, -0.1) is 0 Å². The summed E-state index contributed by atoms with van der Waals surface area (Å²) < 4.78 is 1.22. The molecule has 0 aliphatic carbocycles. The predicted octanol–water partition coefficient (Wildman–Crippen LogP) is 2.90. The Balaban J connectivity index is 1.77. The lowest BCUT2D eigenvalue weighted by Gasteiger charge is -2.26. The number of rotatable bonds is 3. The van der Waals surface area contributed by atoms with E-state index in [9.17, 15) is 9.59 Å². The maximum absolute atomic E-state index is 12.7. The molecule has 1 aromatic heterocycles. The summed E-state index contributed by atoms with van der Waals surface area (Å²) in [5, 5.41) is 3.98. The topological polar surface area (TPSA) is 55.2 Å². The number of amides is 1. The van der Waals surface area contributed by atoms with Crippen molar-refractivity contribution >= 4 is 5.91 Å². The summed E-state index contributed by atoms with van der Waals surface area (Å²) in [6.45, 7) is 7.30. The van der Waals surface area contributed by atoms with Gasteiger partial charge in [0, 0.05) is 18.8 Å². The zero-order valence-electron chi connectivity index (χ0n) is 15.1. The Morgan fingerprint density at radius 2 is 1.92 bits per heavy atom. The summed E-state index contributed by atoms with van der Waals surface area (Å²) in [7, 11) is 0. The van der Waals surface area contributed by atoms with Crippen molar-refractivity contribution in [2.45, 2.75) is 51.6 Å². The Bertz CT molecular complexity index is 803. The minimum Gasteiger partial charge on any atom is -0.334 e. The molecule has 0 N–H and O–H groups in total. The van der Waals surface area contributed by atoms with Gasteiger partial charge in [0.15, 0.2) is 0 Å². The molecule has 5 heteroatoms. The molecule has 1 aromatic carbocycles. The van der Waals surface area contributed by atoms with Crippen LogP contribution in [0.4, 0.5) is 0 Å². The van der Waals surface area contributed by atoms with E-state index < -0.39 is 0 Å². The molecule has 132 valence electrons. The quantitative estimate of drug-likeness (QED) is 0.864. The third-order valence-corrected chi connectivity index (χ3v) is 4.80. The highest BCUT2D eigenvalue weighted by molar-refractivity contribution is 5.76. The summed E-state index contributed by atoms with van der Waals surface area (Å²) >= 11 is 0. The first-order valence-corrected chi connectivity index (χ1v) is 8.78. The summed E-state index contributed by atoms with van der Waals surface area (Å²) in [6, 6.07) is 11.7. The summed E-state index contributed by atoms with van der Waals surface area (Å²) in [6.07, 6.45) is 3.47. The molecule has 3 rings (SSSR count). The van der Waals surface area contributed by atoms with Gasteiger partial charge >= 0.3 is 0 Å². The van der Waals surface area contributed by atoms with Gasteiger partial charge in [-0.3, -0.25) is 9.59 Å². The van der Waals surface area contributed by atoms with E-state index in [4.69, 9.17) is 0 Å². The minimum absolute atomic E-state index is 0.00372. The fourth-order valence-corrected chi connectivity index (χ4v) is 3.34. The number of nitrogens with zero attached hydrogens (tertiary/aromatic N) is 3. The van der Waals surface area contributed by atoms with Gasteiger partial charge in [0.25, 0.3) is 5.56 Å². The Labute approximate surface area is 148 Å². The predicted molar refractivity (Wildman–Crippen MR) is 97.3 cm³/mol. The molecule has 1 atom stereocenters. The minimum atomic E-state index is -0.249. The van der Waals surface area contributed by atoms with Crippen molar-refractivity contribution in [3.8, 4) is 0 Å². The largest absolute Gasteiger partial charge is 0.334 e. The third-order valence-electron chi connectivity index (χ3n) is 4.80. The first kappa shape index (κ1) is 17.4. The van der Waals surface area contributed by atoms with Crippen LogP contribution in [-0.2, 0) is 16.8 Å². The monoisotopic (exact) mass is 339 g/mol. The zero-order chi connectivity index (χ0) is 18.0. The highest BCUT2D eigenvalue weighted by atomic mass is 16.2. The van der Waals surface area contributed by atoms with Gasteiger partial charge in [0.2, 0.25) is 5.91 Å². The first-order valence-electron chi connectivity index (χ1n) is 8.78. The van der Waals surface area contributed by atoms with Crippen LogP contribution < -0.4 is 5.56 Å². The number of carbonyl (C=O) groups excluding carboxylic acids is 1. The van der Waals surface area contributed by atoms with Crippen LogP contribution in [0.2, 0.25) is 0 Å². The lowest BCUT2D eigenvalue weighted by Crippen LogP contribution is -2.36. The second-order valence-corrected chi connectivity index (χ2v) is 7.64. The number of aromatic nitrogens is 2. The first-order chi connectivity index (χ1) is 11.9. The van der Waals surface area contributed by atoms with E-state index in [1.165, 1.54) is 22.5 Å². The smallest absolute Gasteiger partial charge is 0.267 e. The number of likely N-dealkylation sites (tertiary alicyclic amines) is 1. The van der Waals surface area contributed by atoms with Gasteiger partial charge in [-0.1, -0.05) is 45.0 Å². The fourth-order valence-electron chi connectivity index (χ4n) is 3.34. The van der Waals surface area contributed by atoms with E-state index in [2.05, 4.69) is 50.1 Å². The zero-order valence-corrected chi connectivity index (χ0v) is 15.1. The number of carbonyl (C=O) groups is 1. The van der Waals surface area contributed by atoms with E-state index in [-0.39, 0.29) is 29.5 Å².